The summed E-state index contributed by atoms with van der Waals surface area (Å²) in [7, 11) is 2.01. The molecule has 102 valence electrons. The van der Waals surface area contributed by atoms with Gasteiger partial charge in [0.1, 0.15) is 5.01 Å². The minimum Gasteiger partial charge on any atom is -0.315 e. The highest BCUT2D eigenvalue weighted by Gasteiger charge is 2.14. The molecular formula is C14H25N3S. The smallest absolute Gasteiger partial charge is 0.107 e. The lowest BCUT2D eigenvalue weighted by Gasteiger charge is -2.17. The number of nitrogens with zero attached hydrogens (tertiary/aromatic N) is 2. The number of nitrogens with one attached hydrogen (secondary N) is 1. The van der Waals surface area contributed by atoms with Gasteiger partial charge in [-0.25, -0.2) is 4.98 Å². The number of rotatable bonds is 5. The van der Waals surface area contributed by atoms with Gasteiger partial charge >= 0.3 is 0 Å². The van der Waals surface area contributed by atoms with Crippen molar-refractivity contribution in [2.24, 2.45) is 0 Å². The molecule has 0 unspecified atom stereocenters. The van der Waals surface area contributed by atoms with Crippen molar-refractivity contribution in [1.29, 1.82) is 0 Å². The van der Waals surface area contributed by atoms with E-state index >= 15 is 0 Å². The van der Waals surface area contributed by atoms with Crippen molar-refractivity contribution in [3.63, 3.8) is 0 Å². The zero-order chi connectivity index (χ0) is 12.8. The van der Waals surface area contributed by atoms with Gasteiger partial charge in [0.25, 0.3) is 0 Å². The van der Waals surface area contributed by atoms with Crippen molar-refractivity contribution in [2.45, 2.75) is 52.1 Å². The third-order valence-corrected chi connectivity index (χ3v) is 4.63. The van der Waals surface area contributed by atoms with Gasteiger partial charge in [-0.3, -0.25) is 4.90 Å². The zero-order valence-electron chi connectivity index (χ0n) is 11.7. The summed E-state index contributed by atoms with van der Waals surface area (Å²) < 4.78 is 0. The van der Waals surface area contributed by atoms with Crippen LogP contribution in [0.2, 0.25) is 0 Å². The van der Waals surface area contributed by atoms with Crippen molar-refractivity contribution in [2.75, 3.05) is 20.1 Å². The molecule has 0 atom stereocenters. The lowest BCUT2D eigenvalue weighted by molar-refractivity contribution is 0.276. The molecule has 0 radical (unpaired) electrons. The Hall–Kier alpha value is -0.450. The van der Waals surface area contributed by atoms with Crippen LogP contribution < -0.4 is 5.32 Å². The van der Waals surface area contributed by atoms with E-state index in [1.165, 1.54) is 54.4 Å². The highest BCUT2D eigenvalue weighted by atomic mass is 32.1. The molecule has 0 bridgehead atoms. The summed E-state index contributed by atoms with van der Waals surface area (Å²) in [5.74, 6) is 0. The Labute approximate surface area is 115 Å². The Morgan fingerprint density at radius 1 is 1.22 bits per heavy atom. The molecule has 1 aromatic heterocycles. The van der Waals surface area contributed by atoms with E-state index in [0.29, 0.717) is 0 Å². The fraction of sp³-hybridized carbons (Fsp3) is 0.786. The fourth-order valence-electron chi connectivity index (χ4n) is 2.56. The number of aromatic nitrogens is 1. The normalized spacial score (nSPS) is 17.9. The molecule has 3 nitrogen and oxygen atoms in total. The molecule has 1 fully saturated rings. The van der Waals surface area contributed by atoms with E-state index in [2.05, 4.69) is 17.1 Å². The van der Waals surface area contributed by atoms with Crippen molar-refractivity contribution < 1.29 is 0 Å². The van der Waals surface area contributed by atoms with Gasteiger partial charge in [0.2, 0.25) is 0 Å². The largest absolute Gasteiger partial charge is 0.315 e. The molecule has 1 aliphatic heterocycles. The summed E-state index contributed by atoms with van der Waals surface area (Å²) >= 11 is 1.89. The zero-order valence-corrected chi connectivity index (χ0v) is 12.5. The highest BCUT2D eigenvalue weighted by molar-refractivity contribution is 7.11. The van der Waals surface area contributed by atoms with E-state index in [4.69, 9.17) is 4.98 Å². The predicted octanol–water partition coefficient (Wildman–Crippen LogP) is 2.80. The summed E-state index contributed by atoms with van der Waals surface area (Å²) in [6, 6.07) is 0. The molecule has 0 spiro atoms. The van der Waals surface area contributed by atoms with Crippen molar-refractivity contribution in [1.82, 2.24) is 15.2 Å². The summed E-state index contributed by atoms with van der Waals surface area (Å²) in [5, 5.41) is 4.55. The lowest BCUT2D eigenvalue weighted by atomic mass is 10.2. The molecule has 0 saturated carbocycles. The standard InChI is InChI=1S/C14H25N3S/c1-3-12-13(10-15-2)18-14(16-12)11-17-8-6-4-5-7-9-17/h15H,3-11H2,1-2H3. The van der Waals surface area contributed by atoms with Gasteiger partial charge in [-0.15, -0.1) is 11.3 Å². The molecule has 0 aromatic carbocycles. The van der Waals surface area contributed by atoms with E-state index in [-0.39, 0.29) is 0 Å². The molecule has 1 aromatic rings. The number of hydrogen-bond donors (Lipinski definition) is 1. The van der Waals surface area contributed by atoms with Crippen LogP contribution in [0.15, 0.2) is 0 Å². The fourth-order valence-corrected chi connectivity index (χ4v) is 3.78. The van der Waals surface area contributed by atoms with Gasteiger partial charge < -0.3 is 5.32 Å². The van der Waals surface area contributed by atoms with Crippen LogP contribution in [0.25, 0.3) is 0 Å². The maximum Gasteiger partial charge on any atom is 0.107 e. The van der Waals surface area contributed by atoms with E-state index in [1.807, 2.05) is 18.4 Å². The van der Waals surface area contributed by atoms with Crippen molar-refractivity contribution in [3.05, 3.63) is 15.6 Å². The molecule has 2 heterocycles. The monoisotopic (exact) mass is 267 g/mol. The van der Waals surface area contributed by atoms with Crippen molar-refractivity contribution >= 4 is 11.3 Å². The Bertz CT molecular complexity index is 354. The van der Waals surface area contributed by atoms with Crippen LogP contribution in [0.4, 0.5) is 0 Å². The highest BCUT2D eigenvalue weighted by Crippen LogP contribution is 2.21. The maximum atomic E-state index is 4.81. The van der Waals surface area contributed by atoms with Crippen LogP contribution in [0, 0.1) is 0 Å². The number of likely N-dealkylation sites (tertiary alicyclic amines) is 1. The average Bonchev–Trinajstić information content (AvgIpc) is 2.58. The maximum absolute atomic E-state index is 4.81. The predicted molar refractivity (Wildman–Crippen MR) is 78.0 cm³/mol. The third-order valence-electron chi connectivity index (χ3n) is 3.55. The second-order valence-electron chi connectivity index (χ2n) is 5.05. The minimum absolute atomic E-state index is 0.959. The van der Waals surface area contributed by atoms with E-state index in [1.54, 1.807) is 0 Å². The van der Waals surface area contributed by atoms with E-state index in [0.717, 1.165) is 19.5 Å². The van der Waals surface area contributed by atoms with Crippen molar-refractivity contribution in [3.8, 4) is 0 Å². The summed E-state index contributed by atoms with van der Waals surface area (Å²) in [6.07, 6.45) is 6.57. The van der Waals surface area contributed by atoms with Crippen LogP contribution in [0.1, 0.15) is 48.2 Å². The first-order chi connectivity index (χ1) is 8.83. The number of thiazole rings is 1. The van der Waals surface area contributed by atoms with Gasteiger partial charge in [0.15, 0.2) is 0 Å². The Morgan fingerprint density at radius 3 is 2.56 bits per heavy atom. The third kappa shape index (κ3) is 3.77. The first-order valence-corrected chi connectivity index (χ1v) is 7.99. The van der Waals surface area contributed by atoms with E-state index < -0.39 is 0 Å². The minimum atomic E-state index is 0.959. The Morgan fingerprint density at radius 2 is 1.94 bits per heavy atom. The first kappa shape index (κ1) is 14.0. The molecule has 1 aliphatic rings. The lowest BCUT2D eigenvalue weighted by Crippen LogP contribution is -2.23. The van der Waals surface area contributed by atoms with Crippen LogP contribution in [-0.2, 0) is 19.5 Å². The molecular weight excluding hydrogens is 242 g/mol. The topological polar surface area (TPSA) is 28.2 Å². The number of hydrogen-bond acceptors (Lipinski definition) is 4. The van der Waals surface area contributed by atoms with Gasteiger partial charge in [0, 0.05) is 11.4 Å². The molecule has 0 aliphatic carbocycles. The van der Waals surface area contributed by atoms with Gasteiger partial charge in [0.05, 0.1) is 12.2 Å². The Kier molecular flexibility index (Phi) is 5.60. The molecule has 1 N–H and O–H groups in total. The van der Waals surface area contributed by atoms with E-state index in [9.17, 15) is 0 Å². The van der Waals surface area contributed by atoms with Gasteiger partial charge in [-0.05, 0) is 39.4 Å². The first-order valence-electron chi connectivity index (χ1n) is 7.18. The molecule has 2 rings (SSSR count). The summed E-state index contributed by atoms with van der Waals surface area (Å²) in [6.45, 7) is 6.72. The molecule has 4 heteroatoms. The molecule has 1 saturated heterocycles. The Balaban J connectivity index is 1.99. The van der Waals surface area contributed by atoms with Crippen LogP contribution >= 0.6 is 11.3 Å². The van der Waals surface area contributed by atoms with Gasteiger partial charge in [-0.2, -0.15) is 0 Å². The SMILES string of the molecule is CCc1nc(CN2CCCCCC2)sc1CNC. The number of aryl methyl sites for hydroxylation is 1. The quantitative estimate of drug-likeness (QED) is 0.889. The van der Waals surface area contributed by atoms with Crippen LogP contribution in [0.5, 0.6) is 0 Å². The van der Waals surface area contributed by atoms with Crippen LogP contribution in [0.3, 0.4) is 0 Å². The van der Waals surface area contributed by atoms with Gasteiger partial charge in [-0.1, -0.05) is 19.8 Å². The molecule has 0 amide bonds. The average molecular weight is 267 g/mol. The summed E-state index contributed by atoms with van der Waals surface area (Å²) in [5.41, 5.74) is 1.29. The molecule has 18 heavy (non-hydrogen) atoms. The second kappa shape index (κ2) is 7.22. The summed E-state index contributed by atoms with van der Waals surface area (Å²) in [4.78, 5) is 8.81. The van der Waals surface area contributed by atoms with Crippen LogP contribution in [-0.4, -0.2) is 30.0 Å². The second-order valence-corrected chi connectivity index (χ2v) is 6.22.